The Hall–Kier alpha value is -2.79. The molecule has 200 valence electrons. The van der Waals surface area contributed by atoms with Crippen molar-refractivity contribution < 1.29 is 10.2 Å². The topological polar surface area (TPSA) is 40.5 Å². The number of aliphatic hydroxyl groups excluding tert-OH is 2. The summed E-state index contributed by atoms with van der Waals surface area (Å²) in [5.74, 6) is 12.3. The number of hydrogen-bond acceptors (Lipinski definition) is 2. The first-order valence-electron chi connectivity index (χ1n) is 13.2. The molecular weight excluding hydrogens is 497 g/mol. The summed E-state index contributed by atoms with van der Waals surface area (Å²) >= 11 is 0. The average Bonchev–Trinajstić information content (AvgIpc) is 2.83. The highest BCUT2D eigenvalue weighted by atomic mass is 28.3. The van der Waals surface area contributed by atoms with Gasteiger partial charge in [0, 0.05) is 21.5 Å². The lowest BCUT2D eigenvalue weighted by Crippen LogP contribution is -2.44. The van der Waals surface area contributed by atoms with Gasteiger partial charge in [-0.1, -0.05) is 139 Å². The molecule has 0 heterocycles. The van der Waals surface area contributed by atoms with Gasteiger partial charge in [-0.2, -0.15) is 0 Å². The second-order valence-corrected chi connectivity index (χ2v) is 23.5. The molecule has 0 bridgehead atoms. The molecule has 2 N–H and O–H groups in total. The van der Waals surface area contributed by atoms with Crippen molar-refractivity contribution in [3.8, 4) is 23.7 Å². The Kier molecular flexibility index (Phi) is 10.2. The van der Waals surface area contributed by atoms with Gasteiger partial charge in [0.2, 0.25) is 0 Å². The zero-order valence-electron chi connectivity index (χ0n) is 24.8. The normalized spacial score (nSPS) is 13.5. The maximum Gasteiger partial charge on any atom is 0.140 e. The van der Waals surface area contributed by atoms with Crippen molar-refractivity contribution in [2.75, 3.05) is 0 Å². The minimum atomic E-state index is -2.24. The van der Waals surface area contributed by atoms with Gasteiger partial charge < -0.3 is 10.2 Å². The average molecular weight is 541 g/mol. The van der Waals surface area contributed by atoms with Gasteiger partial charge >= 0.3 is 0 Å². The second kappa shape index (κ2) is 12.4. The molecule has 0 radical (unpaired) electrons. The molecule has 2 nitrogen and oxygen atoms in total. The molecule has 0 saturated carbocycles. The van der Waals surface area contributed by atoms with E-state index in [4.69, 9.17) is 0 Å². The van der Waals surface area contributed by atoms with Crippen LogP contribution >= 0.6 is 0 Å². The van der Waals surface area contributed by atoms with E-state index in [2.05, 4.69) is 103 Å². The highest BCUT2D eigenvalue weighted by molar-refractivity contribution is 6.87. The SMILES string of the molecule is CC(C)(C)[Si](C)(C)C(=C=C=C(C(O)C#Cc1ccccc1)[Si](C)(C)C(C)(C)C)C(O)C#Cc1ccccc1. The van der Waals surface area contributed by atoms with Gasteiger partial charge in [-0.25, -0.2) is 0 Å². The van der Waals surface area contributed by atoms with E-state index in [-0.39, 0.29) is 10.1 Å². The largest absolute Gasteiger partial charge is 0.376 e. The molecule has 0 amide bonds. The van der Waals surface area contributed by atoms with Crippen LogP contribution in [-0.4, -0.2) is 38.6 Å². The van der Waals surface area contributed by atoms with Gasteiger partial charge in [-0.3, -0.25) is 0 Å². The first kappa shape index (κ1) is 31.4. The third-order valence-electron chi connectivity index (χ3n) is 8.23. The first-order valence-corrected chi connectivity index (χ1v) is 19.2. The molecule has 0 aliphatic rings. The van der Waals surface area contributed by atoms with Gasteiger partial charge in [0.1, 0.15) is 12.2 Å². The minimum absolute atomic E-state index is 0.0463. The summed E-state index contributed by atoms with van der Waals surface area (Å²) in [4.78, 5) is 0. The lowest BCUT2D eigenvalue weighted by molar-refractivity contribution is 0.273. The molecule has 2 aromatic carbocycles. The third-order valence-corrected chi connectivity index (χ3v) is 19.2. The molecular formula is C34H44O2Si2. The lowest BCUT2D eigenvalue weighted by atomic mass is 10.2. The number of benzene rings is 2. The van der Waals surface area contributed by atoms with Crippen molar-refractivity contribution in [1.29, 1.82) is 0 Å². The highest BCUT2D eigenvalue weighted by Gasteiger charge is 2.43. The predicted molar refractivity (Wildman–Crippen MR) is 167 cm³/mol. The zero-order valence-corrected chi connectivity index (χ0v) is 26.8. The predicted octanol–water partition coefficient (Wildman–Crippen LogP) is 7.51. The Morgan fingerprint density at radius 3 is 1.13 bits per heavy atom. The van der Waals surface area contributed by atoms with Gasteiger partial charge in [0.05, 0.1) is 16.1 Å². The van der Waals surface area contributed by atoms with Crippen LogP contribution < -0.4 is 0 Å². The monoisotopic (exact) mass is 540 g/mol. The second-order valence-electron chi connectivity index (χ2n) is 12.9. The molecule has 2 aromatic rings. The Morgan fingerprint density at radius 1 is 0.579 bits per heavy atom. The van der Waals surface area contributed by atoms with Gasteiger partial charge in [-0.05, 0) is 34.3 Å². The summed E-state index contributed by atoms with van der Waals surface area (Å²) in [6.07, 6.45) is -1.95. The third kappa shape index (κ3) is 7.86. The molecule has 0 fully saturated rings. The number of rotatable bonds is 4. The van der Waals surface area contributed by atoms with E-state index in [1.54, 1.807) is 0 Å². The molecule has 0 aliphatic heterocycles. The molecule has 38 heavy (non-hydrogen) atoms. The molecule has 0 spiro atoms. The van der Waals surface area contributed by atoms with Crippen LogP contribution in [0.5, 0.6) is 0 Å². The molecule has 2 rings (SSSR count). The van der Waals surface area contributed by atoms with E-state index in [0.717, 1.165) is 21.5 Å². The van der Waals surface area contributed by atoms with Crippen LogP contribution in [0.25, 0.3) is 0 Å². The van der Waals surface area contributed by atoms with Gasteiger partial charge in [0.25, 0.3) is 0 Å². The fourth-order valence-corrected chi connectivity index (χ4v) is 7.44. The Bertz CT molecular complexity index is 1210. The van der Waals surface area contributed by atoms with Crippen molar-refractivity contribution in [1.82, 2.24) is 0 Å². The standard InChI is InChI=1S/C34H44O2Si2/c1-33(2,3)37(7,8)31(29(35)23-21-27-17-13-11-14-18-27)25-26-32(38(9,10)34(4,5)6)30(36)24-22-28-19-15-12-16-20-28/h11-20,29-30,35-36H,1-10H3. The van der Waals surface area contributed by atoms with E-state index < -0.39 is 28.4 Å². The molecule has 2 atom stereocenters. The van der Waals surface area contributed by atoms with Crippen LogP contribution in [0.3, 0.4) is 0 Å². The summed E-state index contributed by atoms with van der Waals surface area (Å²) < 4.78 is 0. The maximum atomic E-state index is 11.4. The van der Waals surface area contributed by atoms with E-state index in [1.807, 2.05) is 60.7 Å². The van der Waals surface area contributed by atoms with Crippen molar-refractivity contribution >= 4 is 16.1 Å². The van der Waals surface area contributed by atoms with E-state index in [9.17, 15) is 10.2 Å². The van der Waals surface area contributed by atoms with Crippen LogP contribution in [-0.2, 0) is 0 Å². The first-order chi connectivity index (χ1) is 17.5. The Labute approximate surface area is 233 Å². The molecule has 0 aromatic heterocycles. The zero-order chi connectivity index (χ0) is 28.8. The van der Waals surface area contributed by atoms with Crippen LogP contribution in [0.1, 0.15) is 52.7 Å². The van der Waals surface area contributed by atoms with Crippen LogP contribution in [0.15, 0.2) is 82.5 Å². The fourth-order valence-electron chi connectivity index (χ4n) is 3.57. The van der Waals surface area contributed by atoms with E-state index in [1.165, 1.54) is 0 Å². The van der Waals surface area contributed by atoms with Gasteiger partial charge in [0.15, 0.2) is 0 Å². The summed E-state index contributed by atoms with van der Waals surface area (Å²) in [5, 5.41) is 24.2. The van der Waals surface area contributed by atoms with Gasteiger partial charge in [-0.15, -0.1) is 0 Å². The molecule has 4 heteroatoms. The van der Waals surface area contributed by atoms with E-state index >= 15 is 0 Å². The van der Waals surface area contributed by atoms with E-state index in [0.29, 0.717) is 0 Å². The van der Waals surface area contributed by atoms with Crippen molar-refractivity contribution in [2.24, 2.45) is 0 Å². The van der Waals surface area contributed by atoms with Crippen molar-refractivity contribution in [3.63, 3.8) is 0 Å². The van der Waals surface area contributed by atoms with Crippen molar-refractivity contribution in [2.45, 2.75) is 90.0 Å². The molecule has 0 saturated heterocycles. The quantitative estimate of drug-likeness (QED) is 0.239. The summed E-state index contributed by atoms with van der Waals surface area (Å²) in [5.41, 5.74) is 8.52. The summed E-state index contributed by atoms with van der Waals surface area (Å²) in [7, 11) is -4.48. The Morgan fingerprint density at radius 2 is 0.868 bits per heavy atom. The summed E-state index contributed by atoms with van der Waals surface area (Å²) in [6.45, 7) is 22.2. The molecule has 0 aliphatic carbocycles. The maximum absolute atomic E-state index is 11.4. The number of hydrogen-bond donors (Lipinski definition) is 2. The fraction of sp³-hybridized carbons (Fsp3) is 0.412. The minimum Gasteiger partial charge on any atom is -0.376 e. The van der Waals surface area contributed by atoms with Crippen LogP contribution in [0.4, 0.5) is 0 Å². The smallest absolute Gasteiger partial charge is 0.140 e. The van der Waals surface area contributed by atoms with Crippen LogP contribution in [0.2, 0.25) is 36.3 Å². The molecule has 2 unspecified atom stereocenters. The lowest BCUT2D eigenvalue weighted by Gasteiger charge is -2.39. The summed E-state index contributed by atoms with van der Waals surface area (Å²) in [6, 6.07) is 19.4. The van der Waals surface area contributed by atoms with Crippen LogP contribution in [0, 0.1) is 23.7 Å². The number of aliphatic hydroxyl groups is 2. The highest BCUT2D eigenvalue weighted by Crippen LogP contribution is 2.43. The Balaban J connectivity index is 2.84. The van der Waals surface area contributed by atoms with Crippen molar-refractivity contribution in [3.05, 3.63) is 93.6 Å².